The van der Waals surface area contributed by atoms with Crippen molar-refractivity contribution in [1.82, 2.24) is 10.7 Å². The zero-order chi connectivity index (χ0) is 24.2. The Morgan fingerprint density at radius 1 is 0.882 bits per heavy atom. The van der Waals surface area contributed by atoms with Crippen LogP contribution in [0.15, 0.2) is 78.9 Å². The van der Waals surface area contributed by atoms with Gasteiger partial charge in [0.1, 0.15) is 6.04 Å². The zero-order valence-corrected chi connectivity index (χ0v) is 19.6. The van der Waals surface area contributed by atoms with Gasteiger partial charge in [0.05, 0.1) is 11.6 Å². The van der Waals surface area contributed by atoms with Crippen LogP contribution in [0, 0.1) is 0 Å². The van der Waals surface area contributed by atoms with Gasteiger partial charge < -0.3 is 5.32 Å². The normalized spacial score (nSPS) is 16.5. The molecule has 0 radical (unpaired) electrons. The number of benzene rings is 3. The molecule has 1 aliphatic heterocycles. The van der Waals surface area contributed by atoms with Crippen LogP contribution in [0.25, 0.3) is 11.1 Å². The van der Waals surface area contributed by atoms with Gasteiger partial charge in [-0.05, 0) is 42.5 Å². The molecule has 0 spiro atoms. The van der Waals surface area contributed by atoms with Crippen LogP contribution >= 0.6 is 0 Å². The molecule has 0 bridgehead atoms. The summed E-state index contributed by atoms with van der Waals surface area (Å²) in [6.07, 6.45) is 0.263. The molecule has 3 amide bonds. The molecule has 0 saturated carbocycles. The van der Waals surface area contributed by atoms with Crippen molar-refractivity contribution in [2.24, 2.45) is 0 Å². The van der Waals surface area contributed by atoms with E-state index in [1.54, 1.807) is 6.92 Å². The van der Waals surface area contributed by atoms with E-state index in [2.05, 4.69) is 10.7 Å². The van der Waals surface area contributed by atoms with Gasteiger partial charge in [-0.1, -0.05) is 79.7 Å². The van der Waals surface area contributed by atoms with Gasteiger partial charge >= 0.3 is 0 Å². The molecule has 2 unspecified atom stereocenters. The van der Waals surface area contributed by atoms with Crippen LogP contribution < -0.4 is 15.8 Å². The van der Waals surface area contributed by atoms with Gasteiger partial charge in [-0.25, -0.2) is 5.01 Å². The third-order valence-electron chi connectivity index (χ3n) is 6.31. The lowest BCUT2D eigenvalue weighted by Crippen LogP contribution is -2.54. The molecule has 6 heteroatoms. The maximum Gasteiger partial charge on any atom is 0.261 e. The Hall–Kier alpha value is -3.93. The summed E-state index contributed by atoms with van der Waals surface area (Å²) in [6, 6.07) is 24.2. The van der Waals surface area contributed by atoms with E-state index in [1.807, 2.05) is 92.7 Å². The predicted octanol–water partition coefficient (Wildman–Crippen LogP) is 4.53. The van der Waals surface area contributed by atoms with E-state index in [1.165, 1.54) is 5.01 Å². The first-order valence-electron chi connectivity index (χ1n) is 11.5. The molecule has 2 N–H and O–H groups in total. The Balaban J connectivity index is 1.49. The van der Waals surface area contributed by atoms with E-state index in [0.29, 0.717) is 5.69 Å². The molecular weight excluding hydrogens is 426 g/mol. The number of para-hydroxylation sites is 1. The molecule has 0 aliphatic carbocycles. The minimum atomic E-state index is -0.809. The van der Waals surface area contributed by atoms with Crippen molar-refractivity contribution in [2.75, 3.05) is 5.01 Å². The summed E-state index contributed by atoms with van der Waals surface area (Å²) in [6.45, 7) is 5.43. The fourth-order valence-corrected chi connectivity index (χ4v) is 4.33. The van der Waals surface area contributed by atoms with Gasteiger partial charge in [-0.3, -0.25) is 19.8 Å². The standard InChI is InChI=1S/C28H29N3O3/c1-18(21-11-5-4-6-12-21)17-26(32)29-20(3)27(33)30-31-25-16-10-9-15-24(25)23-14-8-7-13-22(23)19(2)28(31)34/h4-16,18-20H,17H2,1-3H3,(H,29,32)(H,30,33)/t18?,19?,20-/m0/s1. The summed E-state index contributed by atoms with van der Waals surface area (Å²) in [5, 5.41) is 4.08. The number of nitrogens with zero attached hydrogens (tertiary/aromatic N) is 1. The van der Waals surface area contributed by atoms with Crippen LogP contribution in [0.2, 0.25) is 0 Å². The lowest BCUT2D eigenvalue weighted by molar-refractivity contribution is -0.130. The van der Waals surface area contributed by atoms with Gasteiger partial charge in [0.25, 0.3) is 11.8 Å². The van der Waals surface area contributed by atoms with Crippen LogP contribution in [0.4, 0.5) is 5.69 Å². The van der Waals surface area contributed by atoms with Crippen LogP contribution in [-0.2, 0) is 14.4 Å². The molecule has 34 heavy (non-hydrogen) atoms. The number of amides is 3. The Kier molecular flexibility index (Phi) is 6.77. The van der Waals surface area contributed by atoms with Crippen LogP contribution in [0.5, 0.6) is 0 Å². The second-order valence-electron chi connectivity index (χ2n) is 8.78. The molecule has 6 nitrogen and oxygen atoms in total. The van der Waals surface area contributed by atoms with Gasteiger partial charge in [0, 0.05) is 12.0 Å². The topological polar surface area (TPSA) is 78.5 Å². The zero-order valence-electron chi connectivity index (χ0n) is 19.6. The predicted molar refractivity (Wildman–Crippen MR) is 133 cm³/mol. The number of fused-ring (bicyclic) bond motifs is 3. The SMILES string of the molecule is CC(CC(=O)N[C@@H](C)C(=O)NN1C(=O)C(C)c2ccccc2-c2ccccc21)c1ccccc1. The first-order chi connectivity index (χ1) is 16.4. The summed E-state index contributed by atoms with van der Waals surface area (Å²) in [5.41, 5.74) is 7.16. The quantitative estimate of drug-likeness (QED) is 0.573. The van der Waals surface area contributed by atoms with Gasteiger partial charge in [0.2, 0.25) is 5.91 Å². The Morgan fingerprint density at radius 2 is 1.50 bits per heavy atom. The van der Waals surface area contributed by atoms with E-state index in [9.17, 15) is 14.4 Å². The molecule has 1 aliphatic rings. The van der Waals surface area contributed by atoms with Crippen molar-refractivity contribution in [2.45, 2.75) is 45.1 Å². The van der Waals surface area contributed by atoms with Crippen molar-refractivity contribution in [1.29, 1.82) is 0 Å². The second kappa shape index (κ2) is 9.91. The summed E-state index contributed by atoms with van der Waals surface area (Å²) >= 11 is 0. The molecule has 3 aromatic rings. The van der Waals surface area contributed by atoms with Crippen LogP contribution in [0.1, 0.15) is 50.2 Å². The maximum atomic E-state index is 13.4. The highest BCUT2D eigenvalue weighted by Gasteiger charge is 2.33. The van der Waals surface area contributed by atoms with Crippen molar-refractivity contribution < 1.29 is 14.4 Å². The van der Waals surface area contributed by atoms with Gasteiger partial charge in [-0.2, -0.15) is 0 Å². The van der Waals surface area contributed by atoms with Crippen molar-refractivity contribution >= 4 is 23.4 Å². The average Bonchev–Trinajstić information content (AvgIpc) is 2.94. The molecule has 0 aromatic heterocycles. The second-order valence-corrected chi connectivity index (χ2v) is 8.78. The Bertz CT molecular complexity index is 1210. The minimum absolute atomic E-state index is 0.0230. The average molecular weight is 456 g/mol. The van der Waals surface area contributed by atoms with E-state index in [-0.39, 0.29) is 24.2 Å². The van der Waals surface area contributed by atoms with E-state index in [4.69, 9.17) is 0 Å². The number of hydrazine groups is 1. The highest BCUT2D eigenvalue weighted by molar-refractivity contribution is 6.06. The van der Waals surface area contributed by atoms with Gasteiger partial charge in [-0.15, -0.1) is 0 Å². The van der Waals surface area contributed by atoms with Gasteiger partial charge in [0.15, 0.2) is 0 Å². The number of hydrogen-bond acceptors (Lipinski definition) is 3. The molecule has 174 valence electrons. The fourth-order valence-electron chi connectivity index (χ4n) is 4.33. The number of carbonyl (C=O) groups is 3. The number of rotatable bonds is 6. The maximum absolute atomic E-state index is 13.4. The van der Waals surface area contributed by atoms with E-state index < -0.39 is 17.9 Å². The third-order valence-corrected chi connectivity index (χ3v) is 6.31. The lowest BCUT2D eigenvalue weighted by Gasteiger charge is -2.27. The summed E-state index contributed by atoms with van der Waals surface area (Å²) < 4.78 is 0. The minimum Gasteiger partial charge on any atom is -0.345 e. The largest absolute Gasteiger partial charge is 0.345 e. The molecule has 3 aromatic carbocycles. The molecule has 0 saturated heterocycles. The van der Waals surface area contributed by atoms with E-state index in [0.717, 1.165) is 22.3 Å². The Labute approximate surface area is 200 Å². The summed E-state index contributed by atoms with van der Waals surface area (Å²) in [4.78, 5) is 39.0. The summed E-state index contributed by atoms with van der Waals surface area (Å²) in [5.74, 6) is -1.33. The summed E-state index contributed by atoms with van der Waals surface area (Å²) in [7, 11) is 0. The first kappa shape index (κ1) is 23.2. The number of hydrogen-bond donors (Lipinski definition) is 2. The van der Waals surface area contributed by atoms with Crippen LogP contribution in [0.3, 0.4) is 0 Å². The van der Waals surface area contributed by atoms with E-state index >= 15 is 0 Å². The molecule has 4 rings (SSSR count). The number of carbonyl (C=O) groups excluding carboxylic acids is 3. The van der Waals surface area contributed by atoms with Crippen molar-refractivity contribution in [3.63, 3.8) is 0 Å². The monoisotopic (exact) mass is 455 g/mol. The van der Waals surface area contributed by atoms with Crippen molar-refractivity contribution in [3.05, 3.63) is 90.0 Å². The van der Waals surface area contributed by atoms with Crippen LogP contribution in [-0.4, -0.2) is 23.8 Å². The number of anilines is 1. The highest BCUT2D eigenvalue weighted by Crippen LogP contribution is 2.39. The highest BCUT2D eigenvalue weighted by atomic mass is 16.2. The van der Waals surface area contributed by atoms with Crippen molar-refractivity contribution in [3.8, 4) is 11.1 Å². The fraction of sp³-hybridized carbons (Fsp3) is 0.250. The lowest BCUT2D eigenvalue weighted by atomic mass is 9.92. The molecule has 0 fully saturated rings. The molecule has 1 heterocycles. The smallest absolute Gasteiger partial charge is 0.261 e. The molecular formula is C28H29N3O3. The number of nitrogens with one attached hydrogen (secondary N) is 2. The first-order valence-corrected chi connectivity index (χ1v) is 11.5. The third kappa shape index (κ3) is 4.71. The molecule has 3 atom stereocenters. The Morgan fingerprint density at radius 3 is 2.24 bits per heavy atom.